The SMILES string of the molecule is Cc1ccc(/C=C2\C(=O)NC(=O)N(c3cccc(Cl)c3Cl)C2=O)o1. The van der Waals surface area contributed by atoms with Gasteiger partial charge in [-0.05, 0) is 37.3 Å². The molecule has 0 atom stereocenters. The van der Waals surface area contributed by atoms with Gasteiger partial charge in [-0.2, -0.15) is 0 Å². The largest absolute Gasteiger partial charge is 0.462 e. The number of anilines is 1. The first-order chi connectivity index (χ1) is 11.4. The molecule has 1 aliphatic rings. The Labute approximate surface area is 146 Å². The molecule has 1 saturated heterocycles. The number of rotatable bonds is 2. The number of nitrogens with one attached hydrogen (secondary N) is 1. The van der Waals surface area contributed by atoms with E-state index in [-0.39, 0.29) is 21.3 Å². The van der Waals surface area contributed by atoms with Gasteiger partial charge in [-0.3, -0.25) is 14.9 Å². The summed E-state index contributed by atoms with van der Waals surface area (Å²) in [6.45, 7) is 1.73. The number of aryl methyl sites for hydroxylation is 1. The Bertz CT molecular complexity index is 901. The van der Waals surface area contributed by atoms with E-state index in [9.17, 15) is 14.4 Å². The maximum Gasteiger partial charge on any atom is 0.336 e. The zero-order valence-corrected chi connectivity index (χ0v) is 13.8. The van der Waals surface area contributed by atoms with Crippen LogP contribution in [0.5, 0.6) is 0 Å². The van der Waals surface area contributed by atoms with Crippen molar-refractivity contribution >= 4 is 52.8 Å². The number of nitrogens with zero attached hydrogens (tertiary/aromatic N) is 1. The second kappa shape index (κ2) is 6.14. The van der Waals surface area contributed by atoms with Crippen LogP contribution >= 0.6 is 23.2 Å². The van der Waals surface area contributed by atoms with Gasteiger partial charge < -0.3 is 4.42 Å². The number of hydrogen-bond donors (Lipinski definition) is 1. The summed E-state index contributed by atoms with van der Waals surface area (Å²) in [5.74, 6) is -0.691. The lowest BCUT2D eigenvalue weighted by Gasteiger charge is -2.27. The summed E-state index contributed by atoms with van der Waals surface area (Å²) in [4.78, 5) is 37.5. The van der Waals surface area contributed by atoms with E-state index in [4.69, 9.17) is 27.6 Å². The lowest BCUT2D eigenvalue weighted by molar-refractivity contribution is -0.122. The van der Waals surface area contributed by atoms with Crippen molar-refractivity contribution in [3.63, 3.8) is 0 Å². The van der Waals surface area contributed by atoms with Crippen molar-refractivity contribution in [1.82, 2.24) is 5.32 Å². The number of imide groups is 2. The van der Waals surface area contributed by atoms with Gasteiger partial charge in [0.25, 0.3) is 11.8 Å². The monoisotopic (exact) mass is 364 g/mol. The van der Waals surface area contributed by atoms with E-state index in [1.54, 1.807) is 25.1 Å². The summed E-state index contributed by atoms with van der Waals surface area (Å²) in [7, 11) is 0. The van der Waals surface area contributed by atoms with Crippen LogP contribution in [0.3, 0.4) is 0 Å². The maximum atomic E-state index is 12.7. The molecule has 0 spiro atoms. The number of urea groups is 1. The van der Waals surface area contributed by atoms with Gasteiger partial charge >= 0.3 is 6.03 Å². The number of halogens is 2. The van der Waals surface area contributed by atoms with E-state index in [1.807, 2.05) is 0 Å². The number of barbiturate groups is 1. The molecule has 24 heavy (non-hydrogen) atoms. The molecule has 122 valence electrons. The Morgan fingerprint density at radius 3 is 2.54 bits per heavy atom. The minimum Gasteiger partial charge on any atom is -0.462 e. The van der Waals surface area contributed by atoms with Crippen molar-refractivity contribution in [2.45, 2.75) is 6.92 Å². The average Bonchev–Trinajstić information content (AvgIpc) is 2.93. The van der Waals surface area contributed by atoms with Gasteiger partial charge in [-0.15, -0.1) is 0 Å². The van der Waals surface area contributed by atoms with Crippen molar-refractivity contribution in [2.75, 3.05) is 4.90 Å². The fourth-order valence-corrected chi connectivity index (χ4v) is 2.59. The normalized spacial score (nSPS) is 16.7. The maximum absolute atomic E-state index is 12.7. The zero-order chi connectivity index (χ0) is 17.4. The second-order valence-electron chi connectivity index (χ2n) is 4.98. The number of carbonyl (C=O) groups is 3. The van der Waals surface area contributed by atoms with Crippen LogP contribution in [0, 0.1) is 6.92 Å². The zero-order valence-electron chi connectivity index (χ0n) is 12.3. The molecule has 0 unspecified atom stereocenters. The van der Waals surface area contributed by atoms with E-state index in [0.717, 1.165) is 4.90 Å². The molecule has 8 heteroatoms. The van der Waals surface area contributed by atoms with Gasteiger partial charge in [0.05, 0.1) is 15.7 Å². The summed E-state index contributed by atoms with van der Waals surface area (Å²) in [6, 6.07) is 6.91. The Morgan fingerprint density at radius 1 is 1.12 bits per heavy atom. The summed E-state index contributed by atoms with van der Waals surface area (Å²) < 4.78 is 5.33. The lowest BCUT2D eigenvalue weighted by atomic mass is 10.1. The summed E-state index contributed by atoms with van der Waals surface area (Å²) in [6.07, 6.45) is 1.27. The fraction of sp³-hybridized carbons (Fsp3) is 0.0625. The van der Waals surface area contributed by atoms with Gasteiger partial charge in [-0.1, -0.05) is 29.3 Å². The van der Waals surface area contributed by atoms with Crippen LogP contribution in [0.25, 0.3) is 6.08 Å². The van der Waals surface area contributed by atoms with Crippen molar-refractivity contribution in [3.8, 4) is 0 Å². The van der Waals surface area contributed by atoms with Crippen molar-refractivity contribution in [3.05, 3.63) is 57.5 Å². The number of hydrogen-bond acceptors (Lipinski definition) is 4. The third-order valence-corrected chi connectivity index (χ3v) is 4.13. The smallest absolute Gasteiger partial charge is 0.336 e. The van der Waals surface area contributed by atoms with Gasteiger partial charge in [0, 0.05) is 0 Å². The molecule has 0 radical (unpaired) electrons. The number of carbonyl (C=O) groups excluding carboxylic acids is 3. The first-order valence-electron chi connectivity index (χ1n) is 6.80. The van der Waals surface area contributed by atoms with E-state index in [1.165, 1.54) is 18.2 Å². The van der Waals surface area contributed by atoms with Crippen LogP contribution in [0.1, 0.15) is 11.5 Å². The van der Waals surface area contributed by atoms with E-state index in [0.29, 0.717) is 11.5 Å². The predicted octanol–water partition coefficient (Wildman–Crippen LogP) is 3.56. The number of amides is 4. The second-order valence-corrected chi connectivity index (χ2v) is 5.76. The van der Waals surface area contributed by atoms with Gasteiger partial charge in [0.1, 0.15) is 17.1 Å². The van der Waals surface area contributed by atoms with Crippen LogP contribution in [-0.2, 0) is 9.59 Å². The number of furan rings is 1. The van der Waals surface area contributed by atoms with E-state index in [2.05, 4.69) is 5.32 Å². The van der Waals surface area contributed by atoms with Gasteiger partial charge in [-0.25, -0.2) is 9.69 Å². The average molecular weight is 365 g/mol. The Balaban J connectivity index is 2.06. The molecule has 1 N–H and O–H groups in total. The van der Waals surface area contributed by atoms with Gasteiger partial charge in [0.2, 0.25) is 0 Å². The molecule has 4 amide bonds. The third-order valence-electron chi connectivity index (χ3n) is 3.32. The molecular weight excluding hydrogens is 355 g/mol. The molecule has 3 rings (SSSR count). The standard InChI is InChI=1S/C16H10Cl2N2O4/c1-8-5-6-9(24-8)7-10-14(21)19-16(23)20(15(10)22)12-4-2-3-11(17)13(12)18/h2-7H,1H3,(H,19,21,23)/b10-7+. The molecule has 0 saturated carbocycles. The molecule has 0 aliphatic carbocycles. The van der Waals surface area contributed by atoms with Crippen LogP contribution in [0.15, 0.2) is 40.3 Å². The molecule has 1 fully saturated rings. The topological polar surface area (TPSA) is 79.6 Å². The van der Waals surface area contributed by atoms with Crippen LogP contribution < -0.4 is 10.2 Å². The highest BCUT2D eigenvalue weighted by Crippen LogP contribution is 2.34. The van der Waals surface area contributed by atoms with Crippen molar-refractivity contribution in [1.29, 1.82) is 0 Å². The van der Waals surface area contributed by atoms with Crippen molar-refractivity contribution < 1.29 is 18.8 Å². The molecular formula is C16H10Cl2N2O4. The molecule has 1 aliphatic heterocycles. The predicted molar refractivity (Wildman–Crippen MR) is 88.9 cm³/mol. The third kappa shape index (κ3) is 2.81. The molecule has 2 aromatic rings. The highest BCUT2D eigenvalue weighted by Gasteiger charge is 2.38. The highest BCUT2D eigenvalue weighted by molar-refractivity contribution is 6.46. The van der Waals surface area contributed by atoms with Crippen LogP contribution in [0.4, 0.5) is 10.5 Å². The lowest BCUT2D eigenvalue weighted by Crippen LogP contribution is -2.54. The van der Waals surface area contributed by atoms with Crippen molar-refractivity contribution in [2.24, 2.45) is 0 Å². The molecule has 1 aromatic heterocycles. The summed E-state index contributed by atoms with van der Waals surface area (Å²) in [5, 5.41) is 2.31. The minimum absolute atomic E-state index is 0.0326. The molecule has 6 nitrogen and oxygen atoms in total. The molecule has 2 heterocycles. The van der Waals surface area contributed by atoms with Gasteiger partial charge in [0.15, 0.2) is 0 Å². The van der Waals surface area contributed by atoms with Crippen LogP contribution in [0.2, 0.25) is 10.0 Å². The first kappa shape index (κ1) is 16.3. The number of benzene rings is 1. The Morgan fingerprint density at radius 2 is 1.88 bits per heavy atom. The quantitative estimate of drug-likeness (QED) is 0.652. The highest BCUT2D eigenvalue weighted by atomic mass is 35.5. The summed E-state index contributed by atoms with van der Waals surface area (Å²) in [5.41, 5.74) is -0.166. The molecule has 0 bridgehead atoms. The fourth-order valence-electron chi connectivity index (χ4n) is 2.21. The molecule has 1 aromatic carbocycles. The van der Waals surface area contributed by atoms with E-state index < -0.39 is 17.8 Å². The summed E-state index contributed by atoms with van der Waals surface area (Å²) >= 11 is 12.0. The Hall–Kier alpha value is -2.57. The van der Waals surface area contributed by atoms with Crippen LogP contribution in [-0.4, -0.2) is 17.8 Å². The first-order valence-corrected chi connectivity index (χ1v) is 7.56. The van der Waals surface area contributed by atoms with E-state index >= 15 is 0 Å². The minimum atomic E-state index is -0.901. The Kier molecular flexibility index (Phi) is 4.17.